The SMILES string of the molecule is CCc1ccccc1N(CCC(=O)Nc1ccc(C)cc1C)C(C)=O. The molecule has 4 heteroatoms. The van der Waals surface area contributed by atoms with E-state index in [-0.39, 0.29) is 18.2 Å². The lowest BCUT2D eigenvalue weighted by Crippen LogP contribution is -2.32. The van der Waals surface area contributed by atoms with Gasteiger partial charge in [-0.15, -0.1) is 0 Å². The fraction of sp³-hybridized carbons (Fsp3) is 0.333. The van der Waals surface area contributed by atoms with Crippen molar-refractivity contribution in [2.75, 3.05) is 16.8 Å². The molecule has 0 radical (unpaired) electrons. The van der Waals surface area contributed by atoms with Gasteiger partial charge in [0, 0.05) is 31.3 Å². The monoisotopic (exact) mass is 338 g/mol. The molecule has 0 aliphatic heterocycles. The standard InChI is InChI=1S/C21H26N2O2/c1-5-18-8-6-7-9-20(18)23(17(4)24)13-12-21(25)22-19-11-10-15(2)14-16(19)3/h6-11,14H,5,12-13H2,1-4H3,(H,22,25). The van der Waals surface area contributed by atoms with Crippen molar-refractivity contribution in [3.63, 3.8) is 0 Å². The first kappa shape index (κ1) is 18.7. The predicted molar refractivity (Wildman–Crippen MR) is 103 cm³/mol. The van der Waals surface area contributed by atoms with Crippen LogP contribution in [0.15, 0.2) is 42.5 Å². The van der Waals surface area contributed by atoms with Crippen molar-refractivity contribution in [3.05, 3.63) is 59.2 Å². The summed E-state index contributed by atoms with van der Waals surface area (Å²) in [5, 5.41) is 2.93. The third kappa shape index (κ3) is 4.92. The molecule has 0 aliphatic rings. The average molecular weight is 338 g/mol. The number of benzene rings is 2. The molecule has 2 amide bonds. The highest BCUT2D eigenvalue weighted by atomic mass is 16.2. The molecule has 1 N–H and O–H groups in total. The van der Waals surface area contributed by atoms with Gasteiger partial charge in [-0.2, -0.15) is 0 Å². The lowest BCUT2D eigenvalue weighted by atomic mass is 10.1. The lowest BCUT2D eigenvalue weighted by Gasteiger charge is -2.23. The van der Waals surface area contributed by atoms with Gasteiger partial charge in [0.15, 0.2) is 0 Å². The maximum Gasteiger partial charge on any atom is 0.226 e. The Kier molecular flexibility index (Phi) is 6.34. The normalized spacial score (nSPS) is 10.4. The number of nitrogens with one attached hydrogen (secondary N) is 1. The fourth-order valence-electron chi connectivity index (χ4n) is 2.90. The molecule has 0 aromatic heterocycles. The van der Waals surface area contributed by atoms with E-state index in [0.717, 1.165) is 34.5 Å². The highest BCUT2D eigenvalue weighted by molar-refractivity contribution is 5.95. The Morgan fingerprint density at radius 1 is 1.08 bits per heavy atom. The lowest BCUT2D eigenvalue weighted by molar-refractivity contribution is -0.117. The maximum atomic E-state index is 12.3. The van der Waals surface area contributed by atoms with Crippen LogP contribution in [0.25, 0.3) is 0 Å². The van der Waals surface area contributed by atoms with E-state index in [1.165, 1.54) is 6.92 Å². The first-order chi connectivity index (χ1) is 11.9. The summed E-state index contributed by atoms with van der Waals surface area (Å²) in [4.78, 5) is 26.1. The second-order valence-electron chi connectivity index (χ2n) is 6.27. The van der Waals surface area contributed by atoms with Gasteiger partial charge in [0.2, 0.25) is 11.8 Å². The second kappa shape index (κ2) is 8.47. The third-order valence-electron chi connectivity index (χ3n) is 4.26. The number of amides is 2. The van der Waals surface area contributed by atoms with E-state index in [1.54, 1.807) is 4.90 Å². The average Bonchev–Trinajstić information content (AvgIpc) is 2.57. The predicted octanol–water partition coefficient (Wildman–Crippen LogP) is 4.25. The molecule has 0 aliphatic carbocycles. The van der Waals surface area contributed by atoms with Crippen molar-refractivity contribution >= 4 is 23.2 Å². The fourth-order valence-corrected chi connectivity index (χ4v) is 2.90. The number of hydrogen-bond donors (Lipinski definition) is 1. The van der Waals surface area contributed by atoms with Gasteiger partial charge in [0.1, 0.15) is 0 Å². The summed E-state index contributed by atoms with van der Waals surface area (Å²) in [6.07, 6.45) is 1.10. The van der Waals surface area contributed by atoms with Gasteiger partial charge < -0.3 is 10.2 Å². The first-order valence-electron chi connectivity index (χ1n) is 8.65. The summed E-state index contributed by atoms with van der Waals surface area (Å²) in [6.45, 7) is 7.96. The quantitative estimate of drug-likeness (QED) is 0.856. The van der Waals surface area contributed by atoms with Gasteiger partial charge in [0.25, 0.3) is 0 Å². The number of carbonyl (C=O) groups is 2. The van der Waals surface area contributed by atoms with Gasteiger partial charge in [-0.3, -0.25) is 9.59 Å². The Morgan fingerprint density at radius 3 is 2.44 bits per heavy atom. The van der Waals surface area contributed by atoms with Crippen molar-refractivity contribution < 1.29 is 9.59 Å². The van der Waals surface area contributed by atoms with E-state index in [4.69, 9.17) is 0 Å². The van der Waals surface area contributed by atoms with Crippen LogP contribution in [0.5, 0.6) is 0 Å². The van der Waals surface area contributed by atoms with Crippen molar-refractivity contribution in [3.8, 4) is 0 Å². The molecule has 0 fully saturated rings. The molecular weight excluding hydrogens is 312 g/mol. The highest BCUT2D eigenvalue weighted by Crippen LogP contribution is 2.22. The van der Waals surface area contributed by atoms with Crippen LogP contribution in [0.4, 0.5) is 11.4 Å². The minimum Gasteiger partial charge on any atom is -0.326 e. The van der Waals surface area contributed by atoms with Gasteiger partial charge in [-0.25, -0.2) is 0 Å². The number of rotatable bonds is 6. The Labute approximate surface area is 149 Å². The van der Waals surface area contributed by atoms with Crippen LogP contribution in [0.1, 0.15) is 37.0 Å². The van der Waals surface area contributed by atoms with E-state index < -0.39 is 0 Å². The molecule has 0 unspecified atom stereocenters. The molecule has 25 heavy (non-hydrogen) atoms. The molecule has 0 bridgehead atoms. The molecule has 0 saturated carbocycles. The Morgan fingerprint density at radius 2 is 1.80 bits per heavy atom. The number of carbonyl (C=O) groups excluding carboxylic acids is 2. The summed E-state index contributed by atoms with van der Waals surface area (Å²) in [7, 11) is 0. The van der Waals surface area contributed by atoms with Crippen molar-refractivity contribution in [1.82, 2.24) is 0 Å². The molecule has 0 atom stereocenters. The van der Waals surface area contributed by atoms with Gasteiger partial charge in [-0.05, 0) is 43.5 Å². The molecule has 132 valence electrons. The van der Waals surface area contributed by atoms with E-state index in [1.807, 2.05) is 56.3 Å². The minimum atomic E-state index is -0.0906. The topological polar surface area (TPSA) is 49.4 Å². The summed E-state index contributed by atoms with van der Waals surface area (Å²) in [5.41, 5.74) is 5.01. The zero-order valence-electron chi connectivity index (χ0n) is 15.4. The molecule has 0 saturated heterocycles. The Balaban J connectivity index is 2.06. The number of aryl methyl sites for hydroxylation is 3. The number of nitrogens with zero attached hydrogens (tertiary/aromatic N) is 1. The summed E-state index contributed by atoms with van der Waals surface area (Å²) < 4.78 is 0. The summed E-state index contributed by atoms with van der Waals surface area (Å²) >= 11 is 0. The molecule has 0 heterocycles. The van der Waals surface area contributed by atoms with Crippen molar-refractivity contribution in [2.45, 2.75) is 40.5 Å². The van der Waals surface area contributed by atoms with Crippen LogP contribution in [-0.4, -0.2) is 18.4 Å². The molecule has 2 rings (SSSR count). The maximum absolute atomic E-state index is 12.3. The second-order valence-corrected chi connectivity index (χ2v) is 6.27. The van der Waals surface area contributed by atoms with Gasteiger partial charge in [0.05, 0.1) is 0 Å². The third-order valence-corrected chi connectivity index (χ3v) is 4.26. The zero-order chi connectivity index (χ0) is 18.4. The van der Waals surface area contributed by atoms with Crippen LogP contribution in [-0.2, 0) is 16.0 Å². The molecule has 2 aromatic rings. The van der Waals surface area contributed by atoms with Crippen molar-refractivity contribution in [2.24, 2.45) is 0 Å². The van der Waals surface area contributed by atoms with Gasteiger partial charge in [-0.1, -0.05) is 42.8 Å². The molecule has 2 aromatic carbocycles. The highest BCUT2D eigenvalue weighted by Gasteiger charge is 2.16. The van der Waals surface area contributed by atoms with Crippen LogP contribution < -0.4 is 10.2 Å². The van der Waals surface area contributed by atoms with E-state index in [0.29, 0.717) is 6.54 Å². The van der Waals surface area contributed by atoms with Gasteiger partial charge >= 0.3 is 0 Å². The van der Waals surface area contributed by atoms with E-state index >= 15 is 0 Å². The number of anilines is 2. The zero-order valence-corrected chi connectivity index (χ0v) is 15.4. The number of para-hydroxylation sites is 1. The van der Waals surface area contributed by atoms with E-state index in [9.17, 15) is 9.59 Å². The Bertz CT molecular complexity index is 768. The van der Waals surface area contributed by atoms with Crippen LogP contribution in [0, 0.1) is 13.8 Å². The van der Waals surface area contributed by atoms with E-state index in [2.05, 4.69) is 12.2 Å². The van der Waals surface area contributed by atoms with Crippen molar-refractivity contribution in [1.29, 1.82) is 0 Å². The largest absolute Gasteiger partial charge is 0.326 e. The molecule has 0 spiro atoms. The van der Waals surface area contributed by atoms with Crippen LogP contribution >= 0.6 is 0 Å². The molecule has 4 nitrogen and oxygen atoms in total. The van der Waals surface area contributed by atoms with Crippen LogP contribution in [0.2, 0.25) is 0 Å². The summed E-state index contributed by atoms with van der Waals surface area (Å²) in [6, 6.07) is 13.8. The summed E-state index contributed by atoms with van der Waals surface area (Å²) in [5.74, 6) is -0.146. The minimum absolute atomic E-state index is 0.0554. The Hall–Kier alpha value is -2.62. The van der Waals surface area contributed by atoms with Crippen LogP contribution in [0.3, 0.4) is 0 Å². The first-order valence-corrected chi connectivity index (χ1v) is 8.65. The number of hydrogen-bond acceptors (Lipinski definition) is 2. The smallest absolute Gasteiger partial charge is 0.226 e. The molecular formula is C21H26N2O2.